The molecule has 0 fully saturated rings. The lowest BCUT2D eigenvalue weighted by atomic mass is 10.0. The molecule has 6 heteroatoms. The molecule has 2 unspecified atom stereocenters. The summed E-state index contributed by atoms with van der Waals surface area (Å²) in [6.07, 6.45) is 85.9. The van der Waals surface area contributed by atoms with E-state index >= 15 is 0 Å². The van der Waals surface area contributed by atoms with E-state index in [0.29, 0.717) is 19.4 Å². The predicted molar refractivity (Wildman–Crippen MR) is 347 cm³/mol. The normalized spacial score (nSPS) is 12.5. The van der Waals surface area contributed by atoms with Gasteiger partial charge in [0.1, 0.15) is 0 Å². The summed E-state index contributed by atoms with van der Waals surface area (Å²) < 4.78 is 5.49. The highest BCUT2D eigenvalue weighted by molar-refractivity contribution is 5.76. The van der Waals surface area contributed by atoms with Crippen LogP contribution < -0.4 is 5.32 Å². The summed E-state index contributed by atoms with van der Waals surface area (Å²) in [6.45, 7) is 4.95. The van der Waals surface area contributed by atoms with Crippen LogP contribution in [0.25, 0.3) is 0 Å². The first-order valence-electron chi connectivity index (χ1n) is 36.5. The van der Waals surface area contributed by atoms with Crippen LogP contribution in [-0.2, 0) is 14.3 Å². The van der Waals surface area contributed by atoms with E-state index in [0.717, 1.165) is 38.5 Å². The fourth-order valence-electron chi connectivity index (χ4n) is 11.8. The van der Waals surface area contributed by atoms with Crippen LogP contribution in [0.5, 0.6) is 0 Å². The number of aliphatic hydroxyl groups excluding tert-OH is 2. The number of rotatable bonds is 69. The summed E-state index contributed by atoms with van der Waals surface area (Å²) in [5.74, 6) is -0.0363. The lowest BCUT2D eigenvalue weighted by Crippen LogP contribution is -2.45. The number of unbranched alkanes of at least 4 members (excludes halogenated alkanes) is 58. The number of carbonyl (C=O) groups is 2. The molecular formula is C73H143NO5. The van der Waals surface area contributed by atoms with Gasteiger partial charge in [-0.05, 0) is 32.1 Å². The van der Waals surface area contributed by atoms with Crippen molar-refractivity contribution in [2.75, 3.05) is 13.2 Å². The number of hydrogen-bond acceptors (Lipinski definition) is 5. The van der Waals surface area contributed by atoms with Crippen molar-refractivity contribution < 1.29 is 24.5 Å². The number of carbonyl (C=O) groups excluding carboxylic acids is 2. The summed E-state index contributed by atoms with van der Waals surface area (Å²) in [5, 5.41) is 23.2. The summed E-state index contributed by atoms with van der Waals surface area (Å²) in [4.78, 5) is 24.6. The summed E-state index contributed by atoms with van der Waals surface area (Å²) in [6, 6.07) is -0.624. The Morgan fingerprint density at radius 3 is 0.861 bits per heavy atom. The molecule has 0 aromatic rings. The molecule has 0 radical (unpaired) electrons. The third-order valence-corrected chi connectivity index (χ3v) is 17.3. The Hall–Kier alpha value is -1.40. The molecule has 2 atom stereocenters. The maximum Gasteiger partial charge on any atom is 0.305 e. The van der Waals surface area contributed by atoms with Gasteiger partial charge in [-0.15, -0.1) is 0 Å². The molecule has 0 aromatic heterocycles. The fraction of sp³-hybridized carbons (Fsp3) is 0.945. The van der Waals surface area contributed by atoms with Crippen molar-refractivity contribution in [3.05, 3.63) is 12.2 Å². The Bertz CT molecular complexity index is 1190. The number of ether oxygens (including phenoxy) is 1. The minimum absolute atomic E-state index is 0.0234. The van der Waals surface area contributed by atoms with Gasteiger partial charge in [0.25, 0.3) is 0 Å². The van der Waals surface area contributed by atoms with Gasteiger partial charge >= 0.3 is 5.97 Å². The maximum atomic E-state index is 12.5. The van der Waals surface area contributed by atoms with Gasteiger partial charge < -0.3 is 20.3 Å². The van der Waals surface area contributed by atoms with E-state index in [9.17, 15) is 19.8 Å². The Kier molecular flexibility index (Phi) is 67.9. The largest absolute Gasteiger partial charge is 0.466 e. The highest BCUT2D eigenvalue weighted by Gasteiger charge is 2.18. The van der Waals surface area contributed by atoms with E-state index in [1.807, 2.05) is 6.08 Å². The third kappa shape index (κ3) is 65.6. The van der Waals surface area contributed by atoms with Crippen molar-refractivity contribution in [3.63, 3.8) is 0 Å². The molecule has 1 amide bonds. The van der Waals surface area contributed by atoms with Gasteiger partial charge in [-0.25, -0.2) is 0 Å². The van der Waals surface area contributed by atoms with Crippen LogP contribution in [0.4, 0.5) is 0 Å². The van der Waals surface area contributed by atoms with E-state index < -0.39 is 12.1 Å². The van der Waals surface area contributed by atoms with Gasteiger partial charge in [0, 0.05) is 12.8 Å². The second-order valence-corrected chi connectivity index (χ2v) is 25.3. The molecule has 3 N–H and O–H groups in total. The van der Waals surface area contributed by atoms with Crippen molar-refractivity contribution in [1.29, 1.82) is 0 Å². The Morgan fingerprint density at radius 1 is 0.342 bits per heavy atom. The Balaban J connectivity index is 3.33. The van der Waals surface area contributed by atoms with Gasteiger partial charge in [-0.2, -0.15) is 0 Å². The number of nitrogens with one attached hydrogen (secondary N) is 1. The van der Waals surface area contributed by atoms with Crippen LogP contribution in [0.1, 0.15) is 418 Å². The zero-order chi connectivity index (χ0) is 57.1. The number of amides is 1. The highest BCUT2D eigenvalue weighted by atomic mass is 16.5. The van der Waals surface area contributed by atoms with E-state index in [2.05, 4.69) is 19.2 Å². The summed E-state index contributed by atoms with van der Waals surface area (Å²) in [5.41, 5.74) is 0. The second-order valence-electron chi connectivity index (χ2n) is 25.3. The molecule has 0 bridgehead atoms. The molecule has 6 nitrogen and oxygen atoms in total. The molecule has 0 rings (SSSR count). The second kappa shape index (κ2) is 69.1. The lowest BCUT2D eigenvalue weighted by molar-refractivity contribution is -0.143. The van der Waals surface area contributed by atoms with Crippen molar-refractivity contribution in [3.8, 4) is 0 Å². The SMILES string of the molecule is CCCCCCCCCCCCCCCCC/C=C/C(O)C(CO)NC(=O)CCCCCCCCCCCCCCCCCCCCCCCCCCCCCCCCCCOC(=O)CCCCCCCCCCCCCCC. The molecule has 0 spiro atoms. The van der Waals surface area contributed by atoms with Crippen LogP contribution >= 0.6 is 0 Å². The smallest absolute Gasteiger partial charge is 0.305 e. The first kappa shape index (κ1) is 77.6. The maximum absolute atomic E-state index is 12.5. The number of hydrogen-bond donors (Lipinski definition) is 3. The average Bonchev–Trinajstić information content (AvgIpc) is 3.45. The minimum Gasteiger partial charge on any atom is -0.466 e. The average molecular weight is 1110 g/mol. The summed E-state index contributed by atoms with van der Waals surface area (Å²) >= 11 is 0. The quantitative estimate of drug-likeness (QED) is 0.0320. The molecule has 0 saturated carbocycles. The van der Waals surface area contributed by atoms with E-state index in [4.69, 9.17) is 4.74 Å². The van der Waals surface area contributed by atoms with Crippen LogP contribution in [0.15, 0.2) is 12.2 Å². The molecule has 0 aliphatic rings. The molecular weight excluding hydrogens is 971 g/mol. The van der Waals surface area contributed by atoms with Crippen molar-refractivity contribution in [1.82, 2.24) is 5.32 Å². The lowest BCUT2D eigenvalue weighted by Gasteiger charge is -2.20. The van der Waals surface area contributed by atoms with Crippen molar-refractivity contribution in [2.24, 2.45) is 0 Å². The number of aliphatic hydroxyl groups is 2. The molecule has 0 aliphatic carbocycles. The van der Waals surface area contributed by atoms with Crippen LogP contribution in [-0.4, -0.2) is 47.4 Å². The van der Waals surface area contributed by atoms with Gasteiger partial charge in [0.15, 0.2) is 0 Å². The van der Waals surface area contributed by atoms with Crippen LogP contribution in [0.3, 0.4) is 0 Å². The molecule has 0 saturated heterocycles. The third-order valence-electron chi connectivity index (χ3n) is 17.3. The van der Waals surface area contributed by atoms with Gasteiger partial charge in [-0.1, -0.05) is 386 Å². The minimum atomic E-state index is -0.841. The monoisotopic (exact) mass is 1110 g/mol. The van der Waals surface area contributed by atoms with E-state index in [-0.39, 0.29) is 18.5 Å². The predicted octanol–water partition coefficient (Wildman–Crippen LogP) is 23.5. The fourth-order valence-corrected chi connectivity index (χ4v) is 11.8. The van der Waals surface area contributed by atoms with Gasteiger partial charge in [0.05, 0.1) is 25.4 Å². The topological polar surface area (TPSA) is 95.9 Å². The van der Waals surface area contributed by atoms with Crippen LogP contribution in [0, 0.1) is 0 Å². The number of allylic oxidation sites excluding steroid dienone is 1. The van der Waals surface area contributed by atoms with Crippen molar-refractivity contribution in [2.45, 2.75) is 431 Å². The molecule has 0 heterocycles. The molecule has 470 valence electrons. The first-order valence-corrected chi connectivity index (χ1v) is 36.5. The van der Waals surface area contributed by atoms with Gasteiger partial charge in [-0.3, -0.25) is 9.59 Å². The zero-order valence-electron chi connectivity index (χ0n) is 53.9. The standard InChI is InChI=1S/C73H143NO5/c1-3-5-7-9-11-13-15-17-18-35-38-42-45-49-53-57-61-65-71(76)70(69-75)74-72(77)66-62-58-54-50-46-43-39-36-33-31-29-27-25-23-21-19-20-22-24-26-28-30-32-34-37-40-44-48-52-56-60-64-68-79-73(78)67-63-59-55-51-47-41-16-14-12-10-8-6-4-2/h61,65,70-71,75-76H,3-60,62-64,66-69H2,1-2H3,(H,74,77)/b65-61+. The van der Waals surface area contributed by atoms with E-state index in [1.54, 1.807) is 6.08 Å². The van der Waals surface area contributed by atoms with Crippen molar-refractivity contribution >= 4 is 11.9 Å². The molecule has 0 aromatic carbocycles. The zero-order valence-corrected chi connectivity index (χ0v) is 53.9. The van der Waals surface area contributed by atoms with Gasteiger partial charge in [0.2, 0.25) is 5.91 Å². The molecule has 79 heavy (non-hydrogen) atoms. The first-order chi connectivity index (χ1) is 39.0. The van der Waals surface area contributed by atoms with E-state index in [1.165, 1.54) is 353 Å². The highest BCUT2D eigenvalue weighted by Crippen LogP contribution is 2.19. The van der Waals surface area contributed by atoms with Crippen LogP contribution in [0.2, 0.25) is 0 Å². The number of esters is 1. The summed E-state index contributed by atoms with van der Waals surface area (Å²) in [7, 11) is 0. The Labute approximate surface area is 495 Å². The Morgan fingerprint density at radius 2 is 0.582 bits per heavy atom. The molecule has 0 aliphatic heterocycles.